The fraction of sp³-hybridized carbons (Fsp3) is 0.352. The molecule has 7 aliphatic heterocycles. The zero-order chi connectivity index (χ0) is 101. The lowest BCUT2D eigenvalue weighted by Crippen LogP contribution is -2.50. The van der Waals surface area contributed by atoms with Gasteiger partial charge < -0.3 is 55.7 Å². The molecule has 145 heavy (non-hydrogen) atoms. The summed E-state index contributed by atoms with van der Waals surface area (Å²) in [4.78, 5) is 109. The first kappa shape index (κ1) is 100. The number of carbonyl (C=O) groups excluding carboxylic acids is 1. The average molecular weight is 2040 g/mol. The van der Waals surface area contributed by atoms with Crippen molar-refractivity contribution in [3.63, 3.8) is 0 Å². The number of hydrogen-bond donors (Lipinski definition) is 5. The van der Waals surface area contributed by atoms with Crippen LogP contribution < -0.4 is 58.0 Å². The van der Waals surface area contributed by atoms with Gasteiger partial charge in [-0.25, -0.2) is 27.8 Å². The summed E-state index contributed by atoms with van der Waals surface area (Å²) in [5, 5.41) is 19.0. The fourth-order valence-corrected chi connectivity index (χ4v) is 24.6. The first-order chi connectivity index (χ1) is 70.2. The van der Waals surface area contributed by atoms with Crippen molar-refractivity contribution in [1.29, 1.82) is 0 Å². The maximum atomic E-state index is 15.3. The molecule has 754 valence electrons. The van der Waals surface area contributed by atoms with Crippen molar-refractivity contribution in [2.24, 2.45) is 5.92 Å². The van der Waals surface area contributed by atoms with Crippen LogP contribution in [0, 0.1) is 32.5 Å². The Labute approximate surface area is 847 Å². The van der Waals surface area contributed by atoms with Crippen molar-refractivity contribution >= 4 is 143 Å². The van der Waals surface area contributed by atoms with Gasteiger partial charge in [-0.3, -0.25) is 61.1 Å². The Hall–Kier alpha value is -13.3. The van der Waals surface area contributed by atoms with Crippen LogP contribution in [0.25, 0.3) is 66.6 Å². The van der Waals surface area contributed by atoms with Crippen molar-refractivity contribution in [3.05, 3.63) is 260 Å². The number of hydrogen-bond acceptors (Lipinski definition) is 28. The Morgan fingerprint density at radius 2 is 1.13 bits per heavy atom. The van der Waals surface area contributed by atoms with E-state index >= 15 is 4.39 Å². The molecule has 0 saturated carbocycles. The SMILES string of the molecule is C=S(=O)(CC)c1cnc(-c2cc3cnc(Nc4ccc(N5CCN6CCCC6C5)cc4)nc3n(CCN3CCOCC3)c2=O)c(C)c1.C=S(=O)(c1ccncc1)c1ccc(-c2cc3cnc(Nc4ccc(N5CCNCC5)c(Cl)c4)nc3n(CC(=O)N3CCCC3)c2=O)c(C)c1.Cc1c(-c2cc3cnc(Nc4ccc(N5CCNCC5C)c(F)c4)nc3n(CC3CCOCC3)c2=O)cccc1S(=O)(=O)c1ccccc1. The number of nitrogens with one attached hydrogen (secondary N) is 5. The van der Waals surface area contributed by atoms with Gasteiger partial charge in [-0.05, 0) is 255 Å². The minimum atomic E-state index is -3.83. The second kappa shape index (κ2) is 44.0. The highest BCUT2D eigenvalue weighted by molar-refractivity contribution is 8.00. The third-order valence-electron chi connectivity index (χ3n) is 28.5. The number of sulfone groups is 1. The average Bonchev–Trinajstić information content (AvgIpc) is 1.19. The van der Waals surface area contributed by atoms with Gasteiger partial charge in [0.15, 0.2) is 0 Å². The van der Waals surface area contributed by atoms with Crippen molar-refractivity contribution in [3.8, 4) is 33.5 Å². The number of piperazine rings is 3. The zero-order valence-corrected chi connectivity index (χ0v) is 85.3. The van der Waals surface area contributed by atoms with Gasteiger partial charge in [-0.15, -0.1) is 0 Å². The Morgan fingerprint density at radius 3 is 1.79 bits per heavy atom. The lowest BCUT2D eigenvalue weighted by atomic mass is 9.98. The van der Waals surface area contributed by atoms with E-state index in [2.05, 4.69) is 119 Å². The number of benzene rings is 6. The van der Waals surface area contributed by atoms with Crippen LogP contribution in [-0.2, 0) is 62.8 Å². The highest BCUT2D eigenvalue weighted by atomic mass is 35.5. The first-order valence-electron chi connectivity index (χ1n) is 49.6. The van der Waals surface area contributed by atoms with Crippen LogP contribution in [0.1, 0.15) is 69.1 Å². The molecule has 21 rings (SSSR count). The first-order valence-corrected chi connectivity index (χ1v) is 55.1. The van der Waals surface area contributed by atoms with Crippen LogP contribution >= 0.6 is 11.6 Å². The summed E-state index contributed by atoms with van der Waals surface area (Å²) >= 11 is 6.69. The van der Waals surface area contributed by atoms with Gasteiger partial charge in [-0.1, -0.05) is 54.9 Å². The number of fused-ring (bicyclic) bond motifs is 4. The maximum absolute atomic E-state index is 15.3. The molecule has 0 spiro atoms. The van der Waals surface area contributed by atoms with Gasteiger partial charge in [0, 0.05) is 254 Å². The Bertz CT molecular complexity index is 7740. The van der Waals surface area contributed by atoms with Gasteiger partial charge in [0.05, 0.1) is 50.7 Å². The van der Waals surface area contributed by atoms with Crippen molar-refractivity contribution in [1.82, 2.24) is 78.9 Å². The third kappa shape index (κ3) is 22.2. The van der Waals surface area contributed by atoms with E-state index in [1.807, 2.05) is 51.1 Å². The summed E-state index contributed by atoms with van der Waals surface area (Å²) in [5.41, 5.74) is 10.4. The van der Waals surface area contributed by atoms with Crippen LogP contribution in [0.3, 0.4) is 0 Å². The summed E-state index contributed by atoms with van der Waals surface area (Å²) in [6.45, 7) is 26.8. The van der Waals surface area contributed by atoms with Crippen LogP contribution in [0.5, 0.6) is 0 Å². The monoisotopic (exact) mass is 2030 g/mol. The molecule has 7 fully saturated rings. The fourth-order valence-electron chi connectivity index (χ4n) is 20.3. The number of aryl methyl sites for hydroxylation is 2. The standard InChI is InChI=1S/C37H39FN6O4S.C36H37ClN8O3S.C35H44N8O3S/c1-24-21-39-15-16-43(24)33-12-11-28(20-32(33)38)41-37-40-22-27-19-31(36(45)44(35(27)42-37)23-26-13-17-48-18-14-26)30-9-6-10-34(25(30)2)49(46,47)29-7-4-3-5-8-29;1-24-19-28(49(2,48)27-9-11-38-12-10-27)6-7-29(24)30-20-25-22-40-36(41-26-5-8-32(31(37)21-26)43-17-13-39-14-18-43)42-34(25)45(35(30)47)23-33(46)44-15-3-4-16-44;1-4-47(3,45)30-20-25(2)32(36-23-30)31-21-26-22-37-35(39-33(26)43(34(31)44)15-12-40-16-18-46-19-17-40)38-27-7-9-28(10-8-27)42-14-13-41-11-5-6-29(41)24-42/h3-12,19-20,22,24,26,39H,13-18,21,23H2,1-2H3,(H,40,41,42);5-12,19-22,39H,2-4,13-18,23H2,1H3,(H,40,41,42);7-10,20-23,29H,3-6,11-19,24H2,1-2H3,(H,37,38,39). The van der Waals surface area contributed by atoms with E-state index in [0.717, 1.165) is 132 Å². The molecule has 7 aliphatic rings. The number of rotatable bonds is 25. The molecule has 7 saturated heterocycles. The molecule has 15 heterocycles. The quantitative estimate of drug-likeness (QED) is 0.0332. The molecule has 0 aliphatic carbocycles. The number of pyridine rings is 5. The van der Waals surface area contributed by atoms with E-state index in [0.29, 0.717) is 180 Å². The third-order valence-corrected chi connectivity index (χ3v) is 34.8. The molecule has 8 aromatic heterocycles. The minimum Gasteiger partial charge on any atom is -0.381 e. The summed E-state index contributed by atoms with van der Waals surface area (Å²) in [6, 6.07) is 49.2. The molecule has 37 heteroatoms. The second-order valence-corrected chi connectivity index (χ2v) is 45.3. The summed E-state index contributed by atoms with van der Waals surface area (Å²) in [5.74, 6) is 9.00. The number of nitrogens with zero attached hydrogens (tertiary/aromatic N) is 17. The van der Waals surface area contributed by atoms with E-state index in [1.54, 1.807) is 161 Å². The molecule has 0 bridgehead atoms. The van der Waals surface area contributed by atoms with Crippen LogP contribution in [0.4, 0.5) is 56.4 Å². The largest absolute Gasteiger partial charge is 0.381 e. The number of likely N-dealkylation sites (tertiary alicyclic amines) is 1. The number of anilines is 9. The number of aromatic nitrogens is 11. The van der Waals surface area contributed by atoms with Gasteiger partial charge in [0.25, 0.3) is 16.7 Å². The highest BCUT2D eigenvalue weighted by Crippen LogP contribution is 2.38. The topological polar surface area (TPSA) is 353 Å². The number of carbonyl (C=O) groups is 1. The number of amides is 1. The van der Waals surface area contributed by atoms with Gasteiger partial charge in [0.1, 0.15) is 29.3 Å². The molecule has 4 atom stereocenters. The number of ether oxygens (including phenoxy) is 2. The Morgan fingerprint density at radius 1 is 0.524 bits per heavy atom. The van der Waals surface area contributed by atoms with Crippen molar-refractivity contribution in [2.45, 2.75) is 129 Å². The summed E-state index contributed by atoms with van der Waals surface area (Å²) < 4.78 is 85.2. The second-order valence-electron chi connectivity index (χ2n) is 38.0. The Balaban J connectivity index is 0.000000137. The molecular weight excluding hydrogens is 1920 g/mol. The van der Waals surface area contributed by atoms with E-state index in [-0.39, 0.29) is 68.6 Å². The predicted molar refractivity (Wildman–Crippen MR) is 574 cm³/mol. The minimum absolute atomic E-state index is 0.136. The zero-order valence-electron chi connectivity index (χ0n) is 82.1. The van der Waals surface area contributed by atoms with Gasteiger partial charge >= 0.3 is 0 Å². The lowest BCUT2D eigenvalue weighted by Gasteiger charge is -2.38. The van der Waals surface area contributed by atoms with Gasteiger partial charge in [0.2, 0.25) is 33.6 Å². The van der Waals surface area contributed by atoms with Crippen LogP contribution in [0.2, 0.25) is 5.02 Å². The summed E-state index contributed by atoms with van der Waals surface area (Å²) in [6.07, 6.45) is 15.9. The van der Waals surface area contributed by atoms with E-state index in [9.17, 15) is 36.0 Å². The van der Waals surface area contributed by atoms with Crippen LogP contribution in [-0.4, -0.2) is 252 Å². The highest BCUT2D eigenvalue weighted by Gasteiger charge is 2.34. The smallest absolute Gasteiger partial charge is 0.261 e. The molecule has 1 amide bonds. The predicted octanol–water partition coefficient (Wildman–Crippen LogP) is 14.0. The van der Waals surface area contributed by atoms with E-state index < -0.39 is 28.9 Å². The van der Waals surface area contributed by atoms with E-state index in [4.69, 9.17) is 36.0 Å². The Kier molecular flexibility index (Phi) is 30.4. The number of morpholine rings is 1. The molecule has 32 nitrogen and oxygen atoms in total. The molecule has 5 N–H and O–H groups in total. The summed E-state index contributed by atoms with van der Waals surface area (Å²) in [7, 11) is -9.05. The number of halogens is 2. The molecule has 4 unspecified atom stereocenters. The maximum Gasteiger partial charge on any atom is 0.261 e. The molecular formula is C108H120ClFN22O10S3. The van der Waals surface area contributed by atoms with Gasteiger partial charge in [-0.2, -0.15) is 15.0 Å². The molecule has 0 radical (unpaired) electrons. The molecule has 14 aromatic rings. The van der Waals surface area contributed by atoms with Crippen LogP contribution in [0.15, 0.2) is 240 Å². The normalized spacial score (nSPS) is 17.9. The van der Waals surface area contributed by atoms with Crippen molar-refractivity contribution in [2.75, 3.05) is 168 Å². The molecule has 6 aromatic carbocycles. The van der Waals surface area contributed by atoms with Crippen molar-refractivity contribution < 1.29 is 35.5 Å². The van der Waals surface area contributed by atoms with E-state index in [1.165, 1.54) is 35.7 Å². The lowest BCUT2D eigenvalue weighted by molar-refractivity contribution is -0.130.